The Bertz CT molecular complexity index is 1300. The van der Waals surface area contributed by atoms with Crippen LogP contribution in [0.4, 0.5) is 10.1 Å². The molecule has 34 heavy (non-hydrogen) atoms. The first kappa shape index (κ1) is 21.8. The zero-order chi connectivity index (χ0) is 23.8. The Morgan fingerprint density at radius 1 is 1.12 bits per heavy atom. The molecule has 1 aromatic heterocycles. The number of para-hydroxylation sites is 1. The lowest BCUT2D eigenvalue weighted by molar-refractivity contribution is -0.140. The summed E-state index contributed by atoms with van der Waals surface area (Å²) in [6.07, 6.45) is 2.78. The SMILES string of the molecule is C=CC(=O)OCCC(=O)N1C[C@H]2CN(c3cccc4c3cnn4-c3ccccc3F)C(=O)[C@H]2C1. The highest BCUT2D eigenvalue weighted by atomic mass is 19.1. The number of benzene rings is 2. The first-order valence-corrected chi connectivity index (χ1v) is 11.1. The molecule has 2 atom stereocenters. The van der Waals surface area contributed by atoms with Gasteiger partial charge in [0.25, 0.3) is 0 Å². The second-order valence-corrected chi connectivity index (χ2v) is 8.45. The summed E-state index contributed by atoms with van der Waals surface area (Å²) in [4.78, 5) is 40.3. The number of esters is 1. The van der Waals surface area contributed by atoms with Crippen LogP contribution >= 0.6 is 0 Å². The third-order valence-electron chi connectivity index (χ3n) is 6.48. The number of likely N-dealkylation sites (tertiary alicyclic amines) is 1. The largest absolute Gasteiger partial charge is 0.462 e. The van der Waals surface area contributed by atoms with Crippen molar-refractivity contribution in [3.8, 4) is 5.69 Å². The minimum absolute atomic E-state index is 0.0103. The Morgan fingerprint density at radius 3 is 2.68 bits per heavy atom. The fourth-order valence-electron chi connectivity index (χ4n) is 4.82. The number of nitrogens with zero attached hydrogens (tertiary/aromatic N) is 4. The zero-order valence-electron chi connectivity index (χ0n) is 18.4. The molecule has 0 aliphatic carbocycles. The van der Waals surface area contributed by atoms with Gasteiger partial charge in [-0.3, -0.25) is 9.59 Å². The minimum Gasteiger partial charge on any atom is -0.462 e. The van der Waals surface area contributed by atoms with Crippen LogP contribution in [0, 0.1) is 17.7 Å². The highest BCUT2D eigenvalue weighted by molar-refractivity contribution is 6.05. The summed E-state index contributed by atoms with van der Waals surface area (Å²) in [6, 6.07) is 12.0. The fraction of sp³-hybridized carbons (Fsp3) is 0.280. The van der Waals surface area contributed by atoms with E-state index in [9.17, 15) is 18.8 Å². The summed E-state index contributed by atoms with van der Waals surface area (Å²) < 4.78 is 20.8. The van der Waals surface area contributed by atoms with Gasteiger partial charge in [0.1, 0.15) is 18.1 Å². The molecule has 0 spiro atoms. The number of rotatable bonds is 6. The number of hydrogen-bond acceptors (Lipinski definition) is 5. The highest BCUT2D eigenvalue weighted by Crippen LogP contribution is 2.38. The van der Waals surface area contributed by atoms with Gasteiger partial charge in [0.15, 0.2) is 0 Å². The van der Waals surface area contributed by atoms with E-state index in [0.717, 1.165) is 17.1 Å². The van der Waals surface area contributed by atoms with Crippen molar-refractivity contribution in [1.29, 1.82) is 0 Å². The molecule has 0 N–H and O–H groups in total. The van der Waals surface area contributed by atoms with Crippen LogP contribution in [-0.4, -0.2) is 58.7 Å². The smallest absolute Gasteiger partial charge is 0.330 e. The van der Waals surface area contributed by atoms with Crippen LogP contribution in [0.5, 0.6) is 0 Å². The van der Waals surface area contributed by atoms with Crippen molar-refractivity contribution in [1.82, 2.24) is 14.7 Å². The molecule has 2 aliphatic rings. The molecule has 3 heterocycles. The molecule has 0 unspecified atom stereocenters. The second-order valence-electron chi connectivity index (χ2n) is 8.45. The molecule has 2 aromatic carbocycles. The van der Waals surface area contributed by atoms with Gasteiger partial charge in [0.2, 0.25) is 11.8 Å². The third kappa shape index (κ3) is 3.72. The van der Waals surface area contributed by atoms with Gasteiger partial charge < -0.3 is 14.5 Å². The average molecular weight is 462 g/mol. The van der Waals surface area contributed by atoms with Crippen molar-refractivity contribution in [3.05, 3.63) is 67.1 Å². The van der Waals surface area contributed by atoms with Gasteiger partial charge in [-0.1, -0.05) is 24.8 Å². The predicted octanol–water partition coefficient (Wildman–Crippen LogP) is 2.71. The lowest BCUT2D eigenvalue weighted by Gasteiger charge is -2.22. The molecule has 2 saturated heterocycles. The van der Waals surface area contributed by atoms with Crippen LogP contribution < -0.4 is 4.90 Å². The Balaban J connectivity index is 1.32. The molecule has 5 rings (SSSR count). The van der Waals surface area contributed by atoms with Crippen LogP contribution in [0.2, 0.25) is 0 Å². The Labute approximate surface area is 195 Å². The van der Waals surface area contributed by atoms with Crippen LogP contribution in [0.15, 0.2) is 61.3 Å². The highest BCUT2D eigenvalue weighted by Gasteiger charge is 2.48. The number of fused-ring (bicyclic) bond motifs is 2. The number of hydrogen-bond donors (Lipinski definition) is 0. The summed E-state index contributed by atoms with van der Waals surface area (Å²) in [5.41, 5.74) is 1.78. The molecular formula is C25H23FN4O4. The van der Waals surface area contributed by atoms with E-state index in [0.29, 0.717) is 30.8 Å². The van der Waals surface area contributed by atoms with Crippen molar-refractivity contribution in [2.75, 3.05) is 31.1 Å². The first-order valence-electron chi connectivity index (χ1n) is 11.1. The topological polar surface area (TPSA) is 84.7 Å². The van der Waals surface area contributed by atoms with Gasteiger partial charge in [-0.25, -0.2) is 13.9 Å². The maximum Gasteiger partial charge on any atom is 0.330 e. The van der Waals surface area contributed by atoms with Gasteiger partial charge in [-0.2, -0.15) is 5.10 Å². The van der Waals surface area contributed by atoms with E-state index in [1.54, 1.807) is 34.2 Å². The van der Waals surface area contributed by atoms with Gasteiger partial charge >= 0.3 is 5.97 Å². The number of carbonyl (C=O) groups excluding carboxylic acids is 3. The average Bonchev–Trinajstić information content (AvgIpc) is 3.53. The third-order valence-corrected chi connectivity index (χ3v) is 6.48. The van der Waals surface area contributed by atoms with E-state index in [1.807, 2.05) is 18.2 Å². The molecule has 0 radical (unpaired) electrons. The molecule has 8 nitrogen and oxygen atoms in total. The standard InChI is InChI=1S/C25H23FN4O4/c1-2-24(32)34-11-10-23(31)28-13-16-14-29(25(33)18(16)15-28)20-8-5-9-21-17(20)12-27-30(21)22-7-4-3-6-19(22)26/h2-9,12,16,18H,1,10-11,13-15H2/t16-,18-/m0/s1. The van der Waals surface area contributed by atoms with Crippen molar-refractivity contribution in [2.24, 2.45) is 11.8 Å². The van der Waals surface area contributed by atoms with Crippen molar-refractivity contribution < 1.29 is 23.5 Å². The van der Waals surface area contributed by atoms with Crippen LogP contribution in [0.3, 0.4) is 0 Å². The number of ether oxygens (including phenoxy) is 1. The normalized spacial score (nSPS) is 19.5. The molecule has 2 amide bonds. The second kappa shape index (κ2) is 8.74. The number of halogens is 1. The number of carbonyl (C=O) groups is 3. The van der Waals surface area contributed by atoms with Gasteiger partial charge in [-0.15, -0.1) is 0 Å². The quantitative estimate of drug-likeness (QED) is 0.416. The molecule has 2 aliphatic heterocycles. The maximum atomic E-state index is 14.4. The van der Waals surface area contributed by atoms with E-state index in [1.165, 1.54) is 10.7 Å². The zero-order valence-corrected chi connectivity index (χ0v) is 18.4. The molecule has 2 fully saturated rings. The number of aromatic nitrogens is 2. The maximum absolute atomic E-state index is 14.4. The van der Waals surface area contributed by atoms with Crippen LogP contribution in [-0.2, 0) is 19.1 Å². The van der Waals surface area contributed by atoms with Gasteiger partial charge in [-0.05, 0) is 24.3 Å². The number of amides is 2. The summed E-state index contributed by atoms with van der Waals surface area (Å²) in [5, 5.41) is 5.14. The molecule has 174 valence electrons. The molecule has 3 aromatic rings. The number of anilines is 1. The van der Waals surface area contributed by atoms with Gasteiger partial charge in [0.05, 0.1) is 29.7 Å². The van der Waals surface area contributed by atoms with E-state index >= 15 is 0 Å². The van der Waals surface area contributed by atoms with Crippen LogP contribution in [0.1, 0.15) is 6.42 Å². The van der Waals surface area contributed by atoms with E-state index in [2.05, 4.69) is 11.7 Å². The van der Waals surface area contributed by atoms with Crippen LogP contribution in [0.25, 0.3) is 16.6 Å². The van der Waals surface area contributed by atoms with Crippen molar-refractivity contribution >= 4 is 34.4 Å². The fourth-order valence-corrected chi connectivity index (χ4v) is 4.82. The minimum atomic E-state index is -0.565. The summed E-state index contributed by atoms with van der Waals surface area (Å²) in [7, 11) is 0. The summed E-state index contributed by atoms with van der Waals surface area (Å²) >= 11 is 0. The Kier molecular flexibility index (Phi) is 5.61. The lowest BCUT2D eigenvalue weighted by Crippen LogP contribution is -2.36. The van der Waals surface area contributed by atoms with Crippen molar-refractivity contribution in [2.45, 2.75) is 6.42 Å². The van der Waals surface area contributed by atoms with E-state index < -0.39 is 5.97 Å². The first-order chi connectivity index (χ1) is 16.5. The Hall–Kier alpha value is -4.01. The molecule has 0 saturated carbocycles. The predicted molar refractivity (Wildman–Crippen MR) is 123 cm³/mol. The van der Waals surface area contributed by atoms with E-state index in [4.69, 9.17) is 4.74 Å². The molecular weight excluding hydrogens is 439 g/mol. The van der Waals surface area contributed by atoms with Crippen molar-refractivity contribution in [3.63, 3.8) is 0 Å². The van der Waals surface area contributed by atoms with Gasteiger partial charge in [0, 0.05) is 37.0 Å². The lowest BCUT2D eigenvalue weighted by atomic mass is 10.0. The summed E-state index contributed by atoms with van der Waals surface area (Å²) in [5.74, 6) is -1.39. The molecule has 0 bridgehead atoms. The van der Waals surface area contributed by atoms with E-state index in [-0.39, 0.29) is 42.5 Å². The Morgan fingerprint density at radius 2 is 1.91 bits per heavy atom. The monoisotopic (exact) mass is 462 g/mol. The summed E-state index contributed by atoms with van der Waals surface area (Å²) in [6.45, 7) is 4.62. The molecule has 9 heteroatoms.